The number of benzene rings is 1. The Labute approximate surface area is 136 Å². The first-order valence-electron chi connectivity index (χ1n) is 7.83. The molecule has 1 fully saturated rings. The summed E-state index contributed by atoms with van der Waals surface area (Å²) in [5.74, 6) is 0.817. The van der Waals surface area contributed by atoms with Crippen molar-refractivity contribution < 1.29 is 9.53 Å². The van der Waals surface area contributed by atoms with E-state index in [1.807, 2.05) is 35.2 Å². The maximum Gasteiger partial charge on any atom is 0.255 e. The molecule has 2 heterocycles. The van der Waals surface area contributed by atoms with Gasteiger partial charge < -0.3 is 15.4 Å². The number of ether oxygens (including phenoxy) is 1. The second-order valence-corrected chi connectivity index (χ2v) is 5.72. The van der Waals surface area contributed by atoms with Crippen LogP contribution in [-0.4, -0.2) is 42.0 Å². The molecule has 120 valence electrons. The quantitative estimate of drug-likeness (QED) is 0.941. The Morgan fingerprint density at radius 1 is 1.30 bits per heavy atom. The van der Waals surface area contributed by atoms with Crippen molar-refractivity contribution in [1.82, 2.24) is 9.88 Å². The van der Waals surface area contributed by atoms with Gasteiger partial charge in [-0.25, -0.2) is 0 Å². The second-order valence-electron chi connectivity index (χ2n) is 5.72. The number of methoxy groups -OCH3 is 1. The average Bonchev–Trinajstić information content (AvgIpc) is 3.10. The van der Waals surface area contributed by atoms with Gasteiger partial charge in [0, 0.05) is 37.1 Å². The zero-order chi connectivity index (χ0) is 16.2. The molecule has 1 saturated heterocycles. The lowest BCUT2D eigenvalue weighted by Gasteiger charge is -2.23. The number of amides is 1. The fourth-order valence-electron chi connectivity index (χ4n) is 3.01. The van der Waals surface area contributed by atoms with Crippen LogP contribution in [-0.2, 0) is 0 Å². The van der Waals surface area contributed by atoms with Gasteiger partial charge in [0.15, 0.2) is 0 Å². The Hall–Kier alpha value is -2.40. The van der Waals surface area contributed by atoms with Crippen molar-refractivity contribution in [3.63, 3.8) is 0 Å². The third-order valence-electron chi connectivity index (χ3n) is 4.32. The Balaban J connectivity index is 1.85. The molecular formula is C18H21N3O2. The van der Waals surface area contributed by atoms with E-state index in [9.17, 15) is 4.79 Å². The van der Waals surface area contributed by atoms with Crippen molar-refractivity contribution in [2.24, 2.45) is 5.73 Å². The van der Waals surface area contributed by atoms with Gasteiger partial charge in [0.05, 0.1) is 12.7 Å². The number of carbonyl (C=O) groups is 1. The van der Waals surface area contributed by atoms with Crippen molar-refractivity contribution in [3.8, 4) is 16.9 Å². The monoisotopic (exact) mass is 311 g/mol. The second kappa shape index (κ2) is 6.79. The molecule has 3 rings (SSSR count). The van der Waals surface area contributed by atoms with Crippen LogP contribution in [0.5, 0.6) is 5.75 Å². The maximum absolute atomic E-state index is 12.7. The van der Waals surface area contributed by atoms with Crippen LogP contribution >= 0.6 is 0 Å². The topological polar surface area (TPSA) is 68.5 Å². The normalized spacial score (nSPS) is 17.3. The Morgan fingerprint density at radius 3 is 2.78 bits per heavy atom. The molecule has 0 aliphatic carbocycles. The molecule has 0 unspecified atom stereocenters. The largest absolute Gasteiger partial charge is 0.497 e. The number of rotatable bonds is 4. The minimum absolute atomic E-state index is 0.0146. The van der Waals surface area contributed by atoms with E-state index in [1.165, 1.54) is 0 Å². The molecule has 5 nitrogen and oxygen atoms in total. The molecule has 1 amide bonds. The number of hydrogen-bond acceptors (Lipinski definition) is 4. The number of hydrogen-bond donors (Lipinski definition) is 1. The summed E-state index contributed by atoms with van der Waals surface area (Å²) < 4.78 is 5.17. The number of pyridine rings is 1. The van der Waals surface area contributed by atoms with Gasteiger partial charge in [0.25, 0.3) is 5.91 Å². The fourth-order valence-corrected chi connectivity index (χ4v) is 3.01. The molecule has 1 aliphatic rings. The molecule has 0 saturated carbocycles. The molecule has 1 aliphatic heterocycles. The molecule has 5 heteroatoms. The third-order valence-corrected chi connectivity index (χ3v) is 4.32. The highest BCUT2D eigenvalue weighted by atomic mass is 16.5. The molecule has 1 aromatic carbocycles. The first-order chi connectivity index (χ1) is 11.2. The first-order valence-corrected chi connectivity index (χ1v) is 7.83. The molecule has 2 N–H and O–H groups in total. The van der Waals surface area contributed by atoms with Crippen molar-refractivity contribution in [1.29, 1.82) is 0 Å². The lowest BCUT2D eigenvalue weighted by molar-refractivity contribution is 0.0741. The fraction of sp³-hybridized carbons (Fsp3) is 0.333. The zero-order valence-electron chi connectivity index (χ0n) is 13.2. The van der Waals surface area contributed by atoms with Crippen molar-refractivity contribution in [3.05, 3.63) is 48.3 Å². The molecule has 0 spiro atoms. The van der Waals surface area contributed by atoms with Crippen LogP contribution < -0.4 is 10.5 Å². The zero-order valence-corrected chi connectivity index (χ0v) is 13.2. The van der Waals surface area contributed by atoms with Gasteiger partial charge in [-0.3, -0.25) is 9.78 Å². The molecule has 1 aromatic heterocycles. The summed E-state index contributed by atoms with van der Waals surface area (Å²) in [4.78, 5) is 18.8. The number of likely N-dealkylation sites (tertiary alicyclic amines) is 1. The van der Waals surface area contributed by atoms with Crippen LogP contribution in [0.25, 0.3) is 11.1 Å². The molecular weight excluding hydrogens is 290 g/mol. The average molecular weight is 311 g/mol. The summed E-state index contributed by atoms with van der Waals surface area (Å²) >= 11 is 0. The summed E-state index contributed by atoms with van der Waals surface area (Å²) in [6.45, 7) is 1.28. The standard InChI is InChI=1S/C18H21N3O2/c1-23-17-6-4-13(5-7-17)14-9-15(12-20-11-14)18(22)21-8-2-3-16(21)10-19/h4-7,9,11-12,16H,2-3,8,10,19H2,1H3/t16-/m0/s1. The predicted molar refractivity (Wildman–Crippen MR) is 89.3 cm³/mol. The Morgan fingerprint density at radius 2 is 2.09 bits per heavy atom. The van der Waals surface area contributed by atoms with Gasteiger partial charge in [-0.15, -0.1) is 0 Å². The SMILES string of the molecule is COc1ccc(-c2cncc(C(=O)N3CCC[C@H]3CN)c2)cc1. The Bertz CT molecular complexity index is 685. The molecule has 23 heavy (non-hydrogen) atoms. The predicted octanol–water partition coefficient (Wildman–Crippen LogP) is 2.32. The molecule has 2 aromatic rings. The lowest BCUT2D eigenvalue weighted by atomic mass is 10.1. The maximum atomic E-state index is 12.7. The van der Waals surface area contributed by atoms with Crippen LogP contribution in [0, 0.1) is 0 Å². The van der Waals surface area contributed by atoms with Gasteiger partial charge in [-0.05, 0) is 36.6 Å². The summed E-state index contributed by atoms with van der Waals surface area (Å²) in [5.41, 5.74) is 8.30. The highest BCUT2D eigenvalue weighted by Crippen LogP contribution is 2.24. The number of carbonyl (C=O) groups excluding carboxylic acids is 1. The first kappa shape index (κ1) is 15.5. The van der Waals surface area contributed by atoms with Crippen LogP contribution in [0.2, 0.25) is 0 Å². The van der Waals surface area contributed by atoms with Gasteiger partial charge >= 0.3 is 0 Å². The smallest absolute Gasteiger partial charge is 0.255 e. The van der Waals surface area contributed by atoms with Gasteiger partial charge in [0.1, 0.15) is 5.75 Å². The van der Waals surface area contributed by atoms with E-state index >= 15 is 0 Å². The summed E-state index contributed by atoms with van der Waals surface area (Å²) in [6.07, 6.45) is 5.39. The van der Waals surface area contributed by atoms with E-state index in [1.54, 1.807) is 19.5 Å². The van der Waals surface area contributed by atoms with E-state index in [0.717, 1.165) is 36.3 Å². The number of nitrogens with two attached hydrogens (primary N) is 1. The van der Waals surface area contributed by atoms with Crippen LogP contribution in [0.4, 0.5) is 0 Å². The lowest BCUT2D eigenvalue weighted by Crippen LogP contribution is -2.39. The van der Waals surface area contributed by atoms with Crippen molar-refractivity contribution >= 4 is 5.91 Å². The van der Waals surface area contributed by atoms with E-state index < -0.39 is 0 Å². The molecule has 0 radical (unpaired) electrons. The van der Waals surface area contributed by atoms with Gasteiger partial charge in [-0.2, -0.15) is 0 Å². The molecule has 1 atom stereocenters. The van der Waals surface area contributed by atoms with Crippen LogP contribution in [0.1, 0.15) is 23.2 Å². The minimum atomic E-state index is 0.0146. The number of nitrogens with zero attached hydrogens (tertiary/aromatic N) is 2. The summed E-state index contributed by atoms with van der Waals surface area (Å²) in [7, 11) is 1.64. The van der Waals surface area contributed by atoms with E-state index in [-0.39, 0.29) is 11.9 Å². The van der Waals surface area contributed by atoms with Crippen molar-refractivity contribution in [2.75, 3.05) is 20.2 Å². The van der Waals surface area contributed by atoms with E-state index in [2.05, 4.69) is 4.98 Å². The summed E-state index contributed by atoms with van der Waals surface area (Å²) in [6, 6.07) is 9.75. The van der Waals surface area contributed by atoms with Gasteiger partial charge in [-0.1, -0.05) is 12.1 Å². The van der Waals surface area contributed by atoms with E-state index in [0.29, 0.717) is 12.1 Å². The third kappa shape index (κ3) is 3.19. The van der Waals surface area contributed by atoms with Crippen LogP contribution in [0.15, 0.2) is 42.7 Å². The van der Waals surface area contributed by atoms with Gasteiger partial charge in [0.2, 0.25) is 0 Å². The van der Waals surface area contributed by atoms with Crippen LogP contribution in [0.3, 0.4) is 0 Å². The Kier molecular flexibility index (Phi) is 4.57. The number of aromatic nitrogens is 1. The van der Waals surface area contributed by atoms with Crippen molar-refractivity contribution in [2.45, 2.75) is 18.9 Å². The highest BCUT2D eigenvalue weighted by Gasteiger charge is 2.28. The molecule has 0 bridgehead atoms. The summed E-state index contributed by atoms with van der Waals surface area (Å²) in [5, 5.41) is 0. The highest BCUT2D eigenvalue weighted by molar-refractivity contribution is 5.95. The van der Waals surface area contributed by atoms with E-state index in [4.69, 9.17) is 10.5 Å². The minimum Gasteiger partial charge on any atom is -0.497 e.